The van der Waals surface area contributed by atoms with Gasteiger partial charge in [-0.1, -0.05) is 30.3 Å². The number of hydrogen-bond acceptors (Lipinski definition) is 4. The van der Waals surface area contributed by atoms with E-state index in [0.717, 1.165) is 5.56 Å². The number of carbonyl (C=O) groups excluding carboxylic acids is 1. The third-order valence-electron chi connectivity index (χ3n) is 2.51. The molecule has 5 nitrogen and oxygen atoms in total. The van der Waals surface area contributed by atoms with Crippen LogP contribution in [0.4, 0.5) is 0 Å². The summed E-state index contributed by atoms with van der Waals surface area (Å²) in [5.41, 5.74) is 6.80. The molecule has 1 unspecified atom stereocenters. The monoisotopic (exact) mass is 252 g/mol. The Hall–Kier alpha value is -1.43. The number of amides is 1. The van der Waals surface area contributed by atoms with Crippen molar-refractivity contribution in [2.75, 3.05) is 20.3 Å². The van der Waals surface area contributed by atoms with Crippen molar-refractivity contribution in [3.05, 3.63) is 35.9 Å². The molecule has 18 heavy (non-hydrogen) atoms. The number of nitrogens with one attached hydrogen (secondary N) is 1. The van der Waals surface area contributed by atoms with Crippen LogP contribution in [0, 0.1) is 0 Å². The lowest BCUT2D eigenvalue weighted by molar-refractivity contribution is -0.122. The highest BCUT2D eigenvalue weighted by atomic mass is 16.5. The van der Waals surface area contributed by atoms with Crippen molar-refractivity contribution >= 4 is 5.91 Å². The molecular formula is C13H20N2O3. The van der Waals surface area contributed by atoms with E-state index < -0.39 is 12.1 Å². The van der Waals surface area contributed by atoms with Crippen LogP contribution in [-0.2, 0) is 16.0 Å². The van der Waals surface area contributed by atoms with Gasteiger partial charge >= 0.3 is 0 Å². The van der Waals surface area contributed by atoms with Crippen LogP contribution < -0.4 is 11.1 Å². The summed E-state index contributed by atoms with van der Waals surface area (Å²) in [4.78, 5) is 11.7. The van der Waals surface area contributed by atoms with Gasteiger partial charge in [-0.05, 0) is 12.0 Å². The van der Waals surface area contributed by atoms with Crippen LogP contribution in [0.3, 0.4) is 0 Å². The number of hydrogen-bond donors (Lipinski definition) is 3. The minimum Gasteiger partial charge on any atom is -0.389 e. The Labute approximate surface area is 107 Å². The molecule has 100 valence electrons. The third-order valence-corrected chi connectivity index (χ3v) is 2.51. The summed E-state index contributed by atoms with van der Waals surface area (Å²) in [6.07, 6.45) is -0.226. The molecule has 0 heterocycles. The Bertz CT molecular complexity index is 357. The van der Waals surface area contributed by atoms with E-state index in [0.29, 0.717) is 6.42 Å². The number of benzene rings is 1. The maximum absolute atomic E-state index is 11.7. The predicted molar refractivity (Wildman–Crippen MR) is 69.0 cm³/mol. The maximum atomic E-state index is 11.7. The van der Waals surface area contributed by atoms with E-state index in [9.17, 15) is 9.90 Å². The Morgan fingerprint density at radius 2 is 2.11 bits per heavy atom. The van der Waals surface area contributed by atoms with E-state index in [4.69, 9.17) is 10.5 Å². The van der Waals surface area contributed by atoms with E-state index in [1.165, 1.54) is 7.11 Å². The van der Waals surface area contributed by atoms with E-state index >= 15 is 0 Å². The molecule has 0 bridgehead atoms. The highest BCUT2D eigenvalue weighted by molar-refractivity contribution is 5.81. The molecule has 0 aliphatic heterocycles. The molecule has 0 spiro atoms. The fourth-order valence-corrected chi connectivity index (χ4v) is 1.56. The van der Waals surface area contributed by atoms with E-state index in [-0.39, 0.29) is 19.1 Å². The molecule has 0 radical (unpaired) electrons. The normalized spacial score (nSPS) is 13.9. The summed E-state index contributed by atoms with van der Waals surface area (Å²) < 4.78 is 4.76. The first-order valence-corrected chi connectivity index (χ1v) is 5.87. The lowest BCUT2D eigenvalue weighted by atomic mass is 10.1. The van der Waals surface area contributed by atoms with Crippen LogP contribution in [0.15, 0.2) is 30.3 Å². The Balaban J connectivity index is 2.33. The molecule has 0 saturated heterocycles. The first-order valence-electron chi connectivity index (χ1n) is 5.87. The van der Waals surface area contributed by atoms with E-state index in [1.807, 2.05) is 30.3 Å². The Morgan fingerprint density at radius 1 is 1.44 bits per heavy atom. The summed E-state index contributed by atoms with van der Waals surface area (Å²) in [6, 6.07) is 8.96. The maximum Gasteiger partial charge on any atom is 0.237 e. The minimum absolute atomic E-state index is 0.148. The topological polar surface area (TPSA) is 84.6 Å². The van der Waals surface area contributed by atoms with Crippen LogP contribution >= 0.6 is 0 Å². The number of ether oxygens (including phenoxy) is 1. The van der Waals surface area contributed by atoms with Gasteiger partial charge in [-0.2, -0.15) is 0 Å². The summed E-state index contributed by atoms with van der Waals surface area (Å²) in [7, 11) is 1.49. The number of methoxy groups -OCH3 is 1. The van der Waals surface area contributed by atoms with E-state index in [2.05, 4.69) is 5.32 Å². The third kappa shape index (κ3) is 5.27. The van der Waals surface area contributed by atoms with Crippen molar-refractivity contribution in [3.8, 4) is 0 Å². The zero-order valence-corrected chi connectivity index (χ0v) is 10.5. The minimum atomic E-state index is -0.706. The van der Waals surface area contributed by atoms with E-state index in [1.54, 1.807) is 0 Å². The van der Waals surface area contributed by atoms with Crippen molar-refractivity contribution in [1.29, 1.82) is 0 Å². The van der Waals surface area contributed by atoms with Gasteiger partial charge in [0.15, 0.2) is 0 Å². The fraction of sp³-hybridized carbons (Fsp3) is 0.462. The van der Waals surface area contributed by atoms with Gasteiger partial charge in [0.05, 0.1) is 18.8 Å². The van der Waals surface area contributed by atoms with Gasteiger partial charge in [0.25, 0.3) is 0 Å². The van der Waals surface area contributed by atoms with Crippen LogP contribution in [0.2, 0.25) is 0 Å². The molecule has 1 aromatic carbocycles. The van der Waals surface area contributed by atoms with Crippen molar-refractivity contribution in [1.82, 2.24) is 5.32 Å². The molecule has 0 saturated carbocycles. The second kappa shape index (κ2) is 7.81. The molecule has 1 amide bonds. The smallest absolute Gasteiger partial charge is 0.237 e. The Kier molecular flexibility index (Phi) is 6.35. The quantitative estimate of drug-likeness (QED) is 0.621. The second-order valence-electron chi connectivity index (χ2n) is 4.15. The molecule has 0 aliphatic rings. The van der Waals surface area contributed by atoms with Crippen molar-refractivity contribution < 1.29 is 14.6 Å². The van der Waals surface area contributed by atoms with Gasteiger partial charge in [0.2, 0.25) is 5.91 Å². The molecule has 1 aromatic rings. The lowest BCUT2D eigenvalue weighted by Gasteiger charge is -2.14. The molecular weight excluding hydrogens is 232 g/mol. The first kappa shape index (κ1) is 14.6. The molecule has 5 heteroatoms. The van der Waals surface area contributed by atoms with Crippen LogP contribution in [0.5, 0.6) is 0 Å². The number of nitrogens with two attached hydrogens (primary N) is 1. The number of aliphatic hydroxyl groups excluding tert-OH is 1. The van der Waals surface area contributed by atoms with Crippen molar-refractivity contribution in [3.63, 3.8) is 0 Å². The van der Waals surface area contributed by atoms with Gasteiger partial charge in [-0.3, -0.25) is 4.79 Å². The number of rotatable bonds is 7. The van der Waals surface area contributed by atoms with Crippen molar-refractivity contribution in [2.45, 2.75) is 18.6 Å². The summed E-state index contributed by atoms with van der Waals surface area (Å²) in [5, 5.41) is 12.0. The average molecular weight is 252 g/mol. The number of aliphatic hydroxyl groups is 1. The zero-order chi connectivity index (χ0) is 13.4. The molecule has 2 atom stereocenters. The number of carbonyl (C=O) groups is 1. The molecule has 0 aromatic heterocycles. The average Bonchev–Trinajstić information content (AvgIpc) is 2.37. The molecule has 1 rings (SSSR count). The van der Waals surface area contributed by atoms with Crippen LogP contribution in [-0.4, -0.2) is 43.4 Å². The zero-order valence-electron chi connectivity index (χ0n) is 10.5. The molecule has 0 fully saturated rings. The van der Waals surface area contributed by atoms with Gasteiger partial charge in [-0.15, -0.1) is 0 Å². The lowest BCUT2D eigenvalue weighted by Crippen LogP contribution is -2.45. The standard InChI is InChI=1S/C13H20N2O3/c1-18-9-11(16)8-15-13(17)12(14)7-10-5-3-2-4-6-10/h2-6,11-12,16H,7-9,14H2,1H3,(H,15,17)/t11?,12-/m1/s1. The van der Waals surface area contributed by atoms with Gasteiger partial charge in [-0.25, -0.2) is 0 Å². The summed E-state index contributed by atoms with van der Waals surface area (Å²) in [6.45, 7) is 0.337. The summed E-state index contributed by atoms with van der Waals surface area (Å²) >= 11 is 0. The van der Waals surface area contributed by atoms with Crippen LogP contribution in [0.1, 0.15) is 5.56 Å². The molecule has 0 aliphatic carbocycles. The highest BCUT2D eigenvalue weighted by Crippen LogP contribution is 2.01. The fourth-order valence-electron chi connectivity index (χ4n) is 1.56. The second-order valence-corrected chi connectivity index (χ2v) is 4.15. The van der Waals surface area contributed by atoms with Gasteiger partial charge < -0.3 is 20.9 Å². The van der Waals surface area contributed by atoms with Crippen LogP contribution in [0.25, 0.3) is 0 Å². The summed E-state index contributed by atoms with van der Waals surface area (Å²) in [5.74, 6) is -0.269. The van der Waals surface area contributed by atoms with Gasteiger partial charge in [0.1, 0.15) is 0 Å². The van der Waals surface area contributed by atoms with Crippen molar-refractivity contribution in [2.24, 2.45) is 5.73 Å². The SMILES string of the molecule is COCC(O)CNC(=O)[C@H](N)Cc1ccccc1. The first-order chi connectivity index (χ1) is 8.63. The predicted octanol–water partition coefficient (Wildman–Crippen LogP) is -0.320. The Morgan fingerprint density at radius 3 is 2.72 bits per heavy atom. The highest BCUT2D eigenvalue weighted by Gasteiger charge is 2.14. The largest absolute Gasteiger partial charge is 0.389 e. The molecule has 4 N–H and O–H groups in total. The van der Waals surface area contributed by atoms with Gasteiger partial charge in [0, 0.05) is 13.7 Å².